The van der Waals surface area contributed by atoms with Crippen molar-refractivity contribution in [2.24, 2.45) is 0 Å². The molecule has 0 bridgehead atoms. The minimum Gasteiger partial charge on any atom is -0.313 e. The van der Waals surface area contributed by atoms with Crippen LogP contribution in [0.2, 0.25) is 0 Å². The Morgan fingerprint density at radius 2 is 2.05 bits per heavy atom. The Balaban J connectivity index is 2.10. The Morgan fingerprint density at radius 3 is 2.71 bits per heavy atom. The van der Waals surface area contributed by atoms with Gasteiger partial charge in [-0.25, -0.2) is 8.78 Å². The molecule has 0 radical (unpaired) electrons. The fourth-order valence-electron chi connectivity index (χ4n) is 2.56. The number of likely N-dealkylation sites (N-methyl/N-ethyl adjacent to an activating group) is 1. The van der Waals surface area contributed by atoms with Crippen molar-refractivity contribution in [3.05, 3.63) is 35.4 Å². The molecular formula is C16H23F2NS2. The van der Waals surface area contributed by atoms with Crippen molar-refractivity contribution >= 4 is 23.5 Å². The molecule has 0 aromatic heterocycles. The number of nitrogens with one attached hydrogen (secondary N) is 1. The van der Waals surface area contributed by atoms with Gasteiger partial charge < -0.3 is 5.32 Å². The van der Waals surface area contributed by atoms with E-state index in [1.165, 1.54) is 6.07 Å². The van der Waals surface area contributed by atoms with Gasteiger partial charge in [-0.1, -0.05) is 32.9 Å². The minimum atomic E-state index is -0.754. The van der Waals surface area contributed by atoms with Crippen molar-refractivity contribution in [3.8, 4) is 0 Å². The fraction of sp³-hybridized carbons (Fsp3) is 0.625. The SMILES string of the molecule is CCNC(Cc1cccc(F)c1F)C1CSC(C)C(C)S1. The zero-order chi connectivity index (χ0) is 15.4. The molecule has 4 unspecified atom stereocenters. The molecule has 1 aromatic rings. The van der Waals surface area contributed by atoms with E-state index in [1.807, 2.05) is 23.5 Å². The summed E-state index contributed by atoms with van der Waals surface area (Å²) < 4.78 is 27.3. The first kappa shape index (κ1) is 17.1. The fourth-order valence-corrected chi connectivity index (χ4v) is 5.69. The van der Waals surface area contributed by atoms with E-state index < -0.39 is 11.6 Å². The van der Waals surface area contributed by atoms with E-state index in [-0.39, 0.29) is 6.04 Å². The zero-order valence-electron chi connectivity index (χ0n) is 12.7. The lowest BCUT2D eigenvalue weighted by Gasteiger charge is -2.36. The minimum absolute atomic E-state index is 0.179. The Kier molecular flexibility index (Phi) is 6.38. The molecule has 1 nitrogen and oxygen atoms in total. The molecular weight excluding hydrogens is 308 g/mol. The van der Waals surface area contributed by atoms with Crippen LogP contribution in [0.1, 0.15) is 26.3 Å². The molecule has 5 heteroatoms. The van der Waals surface area contributed by atoms with Crippen molar-refractivity contribution in [2.45, 2.75) is 49.0 Å². The summed E-state index contributed by atoms with van der Waals surface area (Å²) in [6.07, 6.45) is 0.538. The zero-order valence-corrected chi connectivity index (χ0v) is 14.4. The van der Waals surface area contributed by atoms with E-state index in [2.05, 4.69) is 26.1 Å². The third kappa shape index (κ3) is 4.36. The van der Waals surface area contributed by atoms with Crippen LogP contribution in [0.15, 0.2) is 18.2 Å². The van der Waals surface area contributed by atoms with Gasteiger partial charge in [0, 0.05) is 27.5 Å². The van der Waals surface area contributed by atoms with E-state index in [4.69, 9.17) is 0 Å². The van der Waals surface area contributed by atoms with Gasteiger partial charge in [0.15, 0.2) is 11.6 Å². The molecule has 0 saturated carbocycles. The van der Waals surface area contributed by atoms with Gasteiger partial charge in [0.25, 0.3) is 0 Å². The second-order valence-electron chi connectivity index (χ2n) is 5.50. The normalized spacial score (nSPS) is 27.6. The summed E-state index contributed by atoms with van der Waals surface area (Å²) in [7, 11) is 0. The van der Waals surface area contributed by atoms with Gasteiger partial charge in [-0.2, -0.15) is 23.5 Å². The highest BCUT2D eigenvalue weighted by Gasteiger charge is 2.31. The number of halogens is 2. The van der Waals surface area contributed by atoms with Gasteiger partial charge in [0.1, 0.15) is 0 Å². The second-order valence-corrected chi connectivity index (χ2v) is 8.53. The van der Waals surface area contributed by atoms with Gasteiger partial charge in [-0.15, -0.1) is 0 Å². The number of benzene rings is 1. The number of rotatable bonds is 5. The first-order chi connectivity index (χ1) is 10.0. The number of hydrogen-bond acceptors (Lipinski definition) is 3. The molecule has 4 atom stereocenters. The van der Waals surface area contributed by atoms with Gasteiger partial charge in [-0.05, 0) is 24.6 Å². The molecule has 1 saturated heterocycles. The van der Waals surface area contributed by atoms with E-state index in [0.29, 0.717) is 27.7 Å². The largest absolute Gasteiger partial charge is 0.313 e. The van der Waals surface area contributed by atoms with Crippen molar-refractivity contribution in [1.82, 2.24) is 5.32 Å². The van der Waals surface area contributed by atoms with Crippen LogP contribution in [0, 0.1) is 11.6 Å². The van der Waals surface area contributed by atoms with Crippen LogP contribution in [-0.4, -0.2) is 34.1 Å². The number of hydrogen-bond donors (Lipinski definition) is 1. The molecule has 21 heavy (non-hydrogen) atoms. The maximum Gasteiger partial charge on any atom is 0.162 e. The van der Waals surface area contributed by atoms with Crippen LogP contribution in [0.5, 0.6) is 0 Å². The molecule has 1 N–H and O–H groups in total. The highest BCUT2D eigenvalue weighted by molar-refractivity contribution is 8.07. The first-order valence-electron chi connectivity index (χ1n) is 7.46. The summed E-state index contributed by atoms with van der Waals surface area (Å²) in [6.45, 7) is 7.40. The Labute approximate surface area is 134 Å². The van der Waals surface area contributed by atoms with Crippen molar-refractivity contribution < 1.29 is 8.78 Å². The third-order valence-corrected chi connectivity index (χ3v) is 7.51. The highest BCUT2D eigenvalue weighted by atomic mass is 32.2. The smallest absolute Gasteiger partial charge is 0.162 e. The first-order valence-corrected chi connectivity index (χ1v) is 9.45. The van der Waals surface area contributed by atoms with Crippen LogP contribution >= 0.6 is 23.5 Å². The lowest BCUT2D eigenvalue weighted by molar-refractivity contribution is 0.473. The summed E-state index contributed by atoms with van der Waals surface area (Å²) in [5.74, 6) is -0.393. The summed E-state index contributed by atoms with van der Waals surface area (Å²) in [5, 5.41) is 5.14. The molecule has 1 aromatic carbocycles. The molecule has 1 fully saturated rings. The topological polar surface area (TPSA) is 12.0 Å². The van der Waals surface area contributed by atoms with Crippen molar-refractivity contribution in [3.63, 3.8) is 0 Å². The van der Waals surface area contributed by atoms with Crippen LogP contribution < -0.4 is 5.32 Å². The maximum absolute atomic E-state index is 13.9. The lowest BCUT2D eigenvalue weighted by Crippen LogP contribution is -2.44. The number of thioether (sulfide) groups is 2. The van der Waals surface area contributed by atoms with E-state index in [1.54, 1.807) is 12.1 Å². The van der Waals surface area contributed by atoms with Crippen molar-refractivity contribution in [2.75, 3.05) is 12.3 Å². The summed E-state index contributed by atoms with van der Waals surface area (Å²) in [4.78, 5) is 0. The van der Waals surface area contributed by atoms with Gasteiger partial charge in [0.2, 0.25) is 0 Å². The van der Waals surface area contributed by atoms with E-state index >= 15 is 0 Å². The maximum atomic E-state index is 13.9. The average molecular weight is 331 g/mol. The average Bonchev–Trinajstić information content (AvgIpc) is 2.46. The molecule has 0 spiro atoms. The predicted molar refractivity (Wildman–Crippen MR) is 90.3 cm³/mol. The lowest BCUT2D eigenvalue weighted by atomic mass is 10.0. The highest BCUT2D eigenvalue weighted by Crippen LogP contribution is 2.37. The molecule has 0 aliphatic carbocycles. The van der Waals surface area contributed by atoms with Gasteiger partial charge >= 0.3 is 0 Å². The van der Waals surface area contributed by atoms with Crippen LogP contribution in [0.4, 0.5) is 8.78 Å². The molecule has 1 aliphatic heterocycles. The Morgan fingerprint density at radius 1 is 1.29 bits per heavy atom. The predicted octanol–water partition coefficient (Wildman–Crippen LogP) is 4.11. The van der Waals surface area contributed by atoms with E-state index in [9.17, 15) is 8.78 Å². The summed E-state index contributed by atoms with van der Waals surface area (Å²) in [6, 6.07) is 4.63. The van der Waals surface area contributed by atoms with Crippen LogP contribution in [0.25, 0.3) is 0 Å². The summed E-state index contributed by atoms with van der Waals surface area (Å²) >= 11 is 3.95. The quantitative estimate of drug-likeness (QED) is 0.872. The molecule has 0 amide bonds. The second kappa shape index (κ2) is 7.84. The molecule has 1 heterocycles. The Bertz CT molecular complexity index is 470. The van der Waals surface area contributed by atoms with Crippen molar-refractivity contribution in [1.29, 1.82) is 0 Å². The van der Waals surface area contributed by atoms with Crippen LogP contribution in [0.3, 0.4) is 0 Å². The Hall–Kier alpha value is -0.260. The summed E-state index contributed by atoms with van der Waals surface area (Å²) in [5.41, 5.74) is 0.470. The monoisotopic (exact) mass is 331 g/mol. The van der Waals surface area contributed by atoms with Gasteiger partial charge in [0.05, 0.1) is 0 Å². The van der Waals surface area contributed by atoms with Gasteiger partial charge in [-0.3, -0.25) is 0 Å². The standard InChI is InChI=1S/C16H23F2NS2/c1-4-19-14(15-9-20-10(2)11(3)21-15)8-12-6-5-7-13(17)16(12)18/h5-7,10-11,14-15,19H,4,8-9H2,1-3H3. The molecule has 1 aliphatic rings. The van der Waals surface area contributed by atoms with E-state index in [0.717, 1.165) is 12.3 Å². The molecule has 118 valence electrons. The molecule has 2 rings (SSSR count). The van der Waals surface area contributed by atoms with Crippen LogP contribution in [-0.2, 0) is 6.42 Å². The third-order valence-electron chi connectivity index (χ3n) is 3.96.